The highest BCUT2D eigenvalue weighted by atomic mass is 16.2. The second-order valence-corrected chi connectivity index (χ2v) is 4.87. The van der Waals surface area contributed by atoms with Crippen molar-refractivity contribution in [2.24, 2.45) is 7.05 Å². The average Bonchev–Trinajstić information content (AvgIpc) is 2.51. The van der Waals surface area contributed by atoms with Gasteiger partial charge in [-0.05, 0) is 26.3 Å². The van der Waals surface area contributed by atoms with E-state index in [-0.39, 0.29) is 17.4 Å². The van der Waals surface area contributed by atoms with E-state index < -0.39 is 0 Å². The fourth-order valence-corrected chi connectivity index (χ4v) is 2.40. The number of carbonyl (C=O) groups is 1. The highest BCUT2D eigenvalue weighted by Gasteiger charge is 2.41. The Labute approximate surface area is 89.7 Å². The van der Waals surface area contributed by atoms with Crippen molar-refractivity contribution < 1.29 is 4.79 Å². The molecule has 0 spiro atoms. The molecule has 0 aliphatic carbocycles. The Kier molecular flexibility index (Phi) is 2.10. The molecule has 1 aliphatic rings. The average molecular weight is 207 g/mol. The molecule has 2 rings (SSSR count). The normalized spacial score (nSPS) is 24.3. The monoisotopic (exact) mass is 207 g/mol. The first-order valence-electron chi connectivity index (χ1n) is 5.21. The quantitative estimate of drug-likeness (QED) is 0.750. The minimum Gasteiger partial charge on any atom is -0.351 e. The van der Waals surface area contributed by atoms with Gasteiger partial charge in [-0.2, -0.15) is 5.10 Å². The fraction of sp³-hybridized carbons (Fsp3) is 0.636. The van der Waals surface area contributed by atoms with E-state index in [4.69, 9.17) is 0 Å². The van der Waals surface area contributed by atoms with Gasteiger partial charge in [0.2, 0.25) is 5.91 Å². The Morgan fingerprint density at radius 2 is 2.27 bits per heavy atom. The van der Waals surface area contributed by atoms with Crippen molar-refractivity contribution in [3.8, 4) is 0 Å². The Balaban J connectivity index is 2.39. The Bertz CT molecular complexity index is 406. The van der Waals surface area contributed by atoms with Crippen LogP contribution in [0.5, 0.6) is 0 Å². The smallest absolute Gasteiger partial charge is 0.221 e. The predicted molar refractivity (Wildman–Crippen MR) is 57.5 cm³/mol. The van der Waals surface area contributed by atoms with Crippen LogP contribution in [0.4, 0.5) is 0 Å². The molecule has 15 heavy (non-hydrogen) atoms. The molecule has 1 amide bonds. The summed E-state index contributed by atoms with van der Waals surface area (Å²) >= 11 is 0. The maximum Gasteiger partial charge on any atom is 0.221 e. The molecule has 4 nitrogen and oxygen atoms in total. The molecule has 1 saturated heterocycles. The standard InChI is InChI=1S/C11H17N3O/c1-7-8(6-14(4)13-7)9-5-10(15)12-11(9,2)3/h6,9H,5H2,1-4H3,(H,12,15). The van der Waals surface area contributed by atoms with Crippen LogP contribution in [0.25, 0.3) is 0 Å². The third kappa shape index (κ3) is 1.64. The van der Waals surface area contributed by atoms with E-state index in [2.05, 4.69) is 24.3 Å². The van der Waals surface area contributed by atoms with Crippen LogP contribution in [-0.4, -0.2) is 21.2 Å². The summed E-state index contributed by atoms with van der Waals surface area (Å²) in [6, 6.07) is 0. The van der Waals surface area contributed by atoms with E-state index >= 15 is 0 Å². The molecule has 1 fully saturated rings. The van der Waals surface area contributed by atoms with Crippen LogP contribution in [0.3, 0.4) is 0 Å². The van der Waals surface area contributed by atoms with Crippen LogP contribution in [0, 0.1) is 6.92 Å². The number of nitrogens with zero attached hydrogens (tertiary/aromatic N) is 2. The molecule has 2 heterocycles. The number of rotatable bonds is 1. The van der Waals surface area contributed by atoms with Gasteiger partial charge in [0.1, 0.15) is 0 Å². The largest absolute Gasteiger partial charge is 0.351 e. The second-order valence-electron chi connectivity index (χ2n) is 4.87. The van der Waals surface area contributed by atoms with Gasteiger partial charge in [-0.3, -0.25) is 9.48 Å². The summed E-state index contributed by atoms with van der Waals surface area (Å²) < 4.78 is 1.81. The summed E-state index contributed by atoms with van der Waals surface area (Å²) in [7, 11) is 1.91. The van der Waals surface area contributed by atoms with Gasteiger partial charge in [-0.25, -0.2) is 0 Å². The minimum atomic E-state index is -0.162. The first kappa shape index (κ1) is 10.2. The molecule has 0 radical (unpaired) electrons. The van der Waals surface area contributed by atoms with Crippen molar-refractivity contribution in [1.29, 1.82) is 0 Å². The van der Waals surface area contributed by atoms with Crippen molar-refractivity contribution in [3.63, 3.8) is 0 Å². The molecule has 0 aromatic carbocycles. The molecule has 1 aliphatic heterocycles. The van der Waals surface area contributed by atoms with E-state index in [9.17, 15) is 4.79 Å². The van der Waals surface area contributed by atoms with E-state index in [0.717, 1.165) is 5.69 Å². The molecule has 1 unspecified atom stereocenters. The second kappa shape index (κ2) is 3.08. The zero-order chi connectivity index (χ0) is 11.2. The van der Waals surface area contributed by atoms with E-state index in [1.165, 1.54) is 5.56 Å². The van der Waals surface area contributed by atoms with Crippen LogP contribution in [0.1, 0.15) is 37.4 Å². The molecule has 1 atom stereocenters. The summed E-state index contributed by atoms with van der Waals surface area (Å²) in [5.74, 6) is 0.368. The number of aryl methyl sites for hydroxylation is 2. The third-order valence-corrected chi connectivity index (χ3v) is 3.15. The lowest BCUT2D eigenvalue weighted by molar-refractivity contribution is -0.119. The van der Waals surface area contributed by atoms with Crippen LogP contribution in [0.2, 0.25) is 0 Å². The highest BCUT2D eigenvalue weighted by molar-refractivity contribution is 5.81. The fourth-order valence-electron chi connectivity index (χ4n) is 2.40. The van der Waals surface area contributed by atoms with Gasteiger partial charge >= 0.3 is 0 Å². The van der Waals surface area contributed by atoms with Crippen LogP contribution < -0.4 is 5.32 Å². The molecule has 0 bridgehead atoms. The molecular formula is C11H17N3O. The lowest BCUT2D eigenvalue weighted by Crippen LogP contribution is -2.38. The molecule has 4 heteroatoms. The first-order chi connectivity index (χ1) is 6.90. The van der Waals surface area contributed by atoms with Crippen LogP contribution in [0.15, 0.2) is 6.20 Å². The number of hydrogen-bond donors (Lipinski definition) is 1. The summed E-state index contributed by atoms with van der Waals surface area (Å²) in [6.07, 6.45) is 2.58. The van der Waals surface area contributed by atoms with Crippen LogP contribution in [-0.2, 0) is 11.8 Å². The summed E-state index contributed by atoms with van der Waals surface area (Å²) in [4.78, 5) is 11.4. The van der Waals surface area contributed by atoms with Gasteiger partial charge in [-0.1, -0.05) is 0 Å². The SMILES string of the molecule is Cc1nn(C)cc1C1CC(=O)NC1(C)C. The number of amides is 1. The highest BCUT2D eigenvalue weighted by Crippen LogP contribution is 2.36. The zero-order valence-electron chi connectivity index (χ0n) is 9.66. The van der Waals surface area contributed by atoms with Gasteiger partial charge in [0.25, 0.3) is 0 Å². The maximum absolute atomic E-state index is 11.4. The summed E-state index contributed by atoms with van der Waals surface area (Å²) in [5.41, 5.74) is 2.04. The first-order valence-corrected chi connectivity index (χ1v) is 5.21. The van der Waals surface area contributed by atoms with Gasteiger partial charge < -0.3 is 5.32 Å². The molecule has 1 aromatic heterocycles. The van der Waals surface area contributed by atoms with Crippen molar-refractivity contribution in [2.75, 3.05) is 0 Å². The lowest BCUT2D eigenvalue weighted by Gasteiger charge is -2.25. The maximum atomic E-state index is 11.4. The van der Waals surface area contributed by atoms with Crippen molar-refractivity contribution in [3.05, 3.63) is 17.5 Å². The summed E-state index contributed by atoms with van der Waals surface area (Å²) in [6.45, 7) is 6.12. The zero-order valence-corrected chi connectivity index (χ0v) is 9.66. The van der Waals surface area contributed by atoms with E-state index in [1.54, 1.807) is 0 Å². The number of aromatic nitrogens is 2. The van der Waals surface area contributed by atoms with Crippen LogP contribution >= 0.6 is 0 Å². The number of carbonyl (C=O) groups excluding carboxylic acids is 1. The van der Waals surface area contributed by atoms with E-state index in [1.807, 2.05) is 24.9 Å². The molecule has 1 aromatic rings. The van der Waals surface area contributed by atoms with Gasteiger partial charge in [0, 0.05) is 31.1 Å². The molecule has 0 saturated carbocycles. The molecular weight excluding hydrogens is 190 g/mol. The summed E-state index contributed by atoms with van der Waals surface area (Å²) in [5, 5.41) is 7.33. The molecule has 1 N–H and O–H groups in total. The predicted octanol–water partition coefficient (Wildman–Crippen LogP) is 1.11. The number of hydrogen-bond acceptors (Lipinski definition) is 2. The topological polar surface area (TPSA) is 46.9 Å². The van der Waals surface area contributed by atoms with Crippen molar-refractivity contribution >= 4 is 5.91 Å². The third-order valence-electron chi connectivity index (χ3n) is 3.15. The van der Waals surface area contributed by atoms with Gasteiger partial charge in [0.05, 0.1) is 5.69 Å². The molecule has 82 valence electrons. The van der Waals surface area contributed by atoms with Crippen molar-refractivity contribution in [2.45, 2.75) is 38.6 Å². The number of nitrogens with one attached hydrogen (secondary N) is 1. The van der Waals surface area contributed by atoms with Gasteiger partial charge in [0.15, 0.2) is 0 Å². The Morgan fingerprint density at radius 3 is 2.67 bits per heavy atom. The Hall–Kier alpha value is -1.32. The lowest BCUT2D eigenvalue weighted by atomic mass is 9.83. The van der Waals surface area contributed by atoms with E-state index in [0.29, 0.717) is 6.42 Å². The van der Waals surface area contributed by atoms with Crippen molar-refractivity contribution in [1.82, 2.24) is 15.1 Å². The van der Waals surface area contributed by atoms with Gasteiger partial charge in [-0.15, -0.1) is 0 Å². The minimum absolute atomic E-state index is 0.133. The Morgan fingerprint density at radius 1 is 1.60 bits per heavy atom.